The van der Waals surface area contributed by atoms with E-state index in [1.165, 1.54) is 11.3 Å². The summed E-state index contributed by atoms with van der Waals surface area (Å²) in [6, 6.07) is 5.92. The van der Waals surface area contributed by atoms with Crippen molar-refractivity contribution in [1.29, 1.82) is 0 Å². The van der Waals surface area contributed by atoms with E-state index < -0.39 is 0 Å². The predicted octanol–water partition coefficient (Wildman–Crippen LogP) is 1.53. The van der Waals surface area contributed by atoms with Gasteiger partial charge in [0, 0.05) is 23.8 Å². The monoisotopic (exact) mass is 254 g/mol. The molecular weight excluding hydrogens is 236 g/mol. The minimum atomic E-state index is 0.595. The van der Waals surface area contributed by atoms with Crippen LogP contribution in [0.3, 0.4) is 0 Å². The van der Waals surface area contributed by atoms with Gasteiger partial charge in [0.15, 0.2) is 0 Å². The Morgan fingerprint density at radius 3 is 3.00 bits per heavy atom. The molecular formula is C15H18N4. The molecule has 0 aromatic carbocycles. The first-order chi connectivity index (χ1) is 9.35. The van der Waals surface area contributed by atoms with E-state index in [0.717, 1.165) is 37.3 Å². The third kappa shape index (κ3) is 2.79. The molecule has 4 nitrogen and oxygen atoms in total. The molecule has 0 saturated carbocycles. The molecule has 2 aromatic heterocycles. The maximum atomic E-state index is 5.74. The molecule has 1 unspecified atom stereocenters. The molecule has 2 heterocycles. The van der Waals surface area contributed by atoms with Crippen LogP contribution < -0.4 is 5.73 Å². The molecule has 3 rings (SSSR count). The van der Waals surface area contributed by atoms with Crippen molar-refractivity contribution in [2.24, 2.45) is 11.7 Å². The van der Waals surface area contributed by atoms with Crippen molar-refractivity contribution in [3.63, 3.8) is 0 Å². The van der Waals surface area contributed by atoms with E-state index in [2.05, 4.69) is 15.0 Å². The number of pyridine rings is 1. The highest BCUT2D eigenvalue weighted by Gasteiger charge is 2.19. The Labute approximate surface area is 113 Å². The van der Waals surface area contributed by atoms with Crippen LogP contribution in [0.1, 0.15) is 29.2 Å². The van der Waals surface area contributed by atoms with Crippen molar-refractivity contribution in [3.8, 4) is 0 Å². The average Bonchev–Trinajstić information content (AvgIpc) is 2.48. The molecule has 1 aliphatic carbocycles. The third-order valence-electron chi connectivity index (χ3n) is 3.70. The normalized spacial score (nSPS) is 18.1. The highest BCUT2D eigenvalue weighted by molar-refractivity contribution is 5.22. The number of nitrogens with zero attached hydrogens (tertiary/aromatic N) is 3. The van der Waals surface area contributed by atoms with Crippen LogP contribution in [0.15, 0.2) is 30.6 Å². The molecule has 0 bridgehead atoms. The summed E-state index contributed by atoms with van der Waals surface area (Å²) in [5.41, 5.74) is 9.23. The summed E-state index contributed by atoms with van der Waals surface area (Å²) in [5, 5.41) is 0. The maximum absolute atomic E-state index is 5.74. The quantitative estimate of drug-likeness (QED) is 0.902. The van der Waals surface area contributed by atoms with Crippen molar-refractivity contribution in [3.05, 3.63) is 53.4 Å². The second-order valence-corrected chi connectivity index (χ2v) is 5.10. The van der Waals surface area contributed by atoms with Gasteiger partial charge in [0.25, 0.3) is 0 Å². The molecule has 0 spiro atoms. The maximum Gasteiger partial charge on any atom is 0.134 e. The Bertz CT molecular complexity index is 553. The van der Waals surface area contributed by atoms with E-state index >= 15 is 0 Å². The molecule has 0 saturated heterocycles. The summed E-state index contributed by atoms with van der Waals surface area (Å²) in [6.45, 7) is 0.759. The van der Waals surface area contributed by atoms with Gasteiger partial charge >= 0.3 is 0 Å². The zero-order valence-corrected chi connectivity index (χ0v) is 10.9. The lowest BCUT2D eigenvalue weighted by Gasteiger charge is -2.22. The van der Waals surface area contributed by atoms with Crippen molar-refractivity contribution in [1.82, 2.24) is 15.0 Å². The topological polar surface area (TPSA) is 64.7 Å². The molecule has 0 amide bonds. The Morgan fingerprint density at radius 2 is 2.21 bits per heavy atom. The molecule has 0 radical (unpaired) electrons. The van der Waals surface area contributed by atoms with E-state index in [-0.39, 0.29) is 0 Å². The van der Waals surface area contributed by atoms with Crippen LogP contribution in [0, 0.1) is 5.92 Å². The molecule has 19 heavy (non-hydrogen) atoms. The summed E-state index contributed by atoms with van der Waals surface area (Å²) >= 11 is 0. The Morgan fingerprint density at radius 1 is 1.26 bits per heavy atom. The van der Waals surface area contributed by atoms with Gasteiger partial charge in [-0.1, -0.05) is 6.07 Å². The number of fused-ring (bicyclic) bond motifs is 1. The van der Waals surface area contributed by atoms with Crippen molar-refractivity contribution in [2.45, 2.75) is 25.7 Å². The Balaban J connectivity index is 1.79. The van der Waals surface area contributed by atoms with Crippen molar-refractivity contribution >= 4 is 0 Å². The number of hydrogen-bond donors (Lipinski definition) is 1. The highest BCUT2D eigenvalue weighted by Crippen LogP contribution is 2.23. The van der Waals surface area contributed by atoms with E-state index in [9.17, 15) is 0 Å². The van der Waals surface area contributed by atoms with E-state index in [1.54, 1.807) is 6.20 Å². The molecule has 98 valence electrons. The molecule has 1 atom stereocenters. The molecule has 0 fully saturated rings. The standard InChI is InChI=1S/C15H18N4/c16-9-11-4-5-14-12(7-11)10-18-15(19-14)8-13-3-1-2-6-17-13/h1-3,6,10-11H,4-5,7-9,16H2. The van der Waals surface area contributed by atoms with Crippen molar-refractivity contribution < 1.29 is 0 Å². The first-order valence-electron chi connectivity index (χ1n) is 6.79. The smallest absolute Gasteiger partial charge is 0.134 e. The molecule has 2 aromatic rings. The first kappa shape index (κ1) is 12.2. The molecule has 1 aliphatic rings. The number of aromatic nitrogens is 3. The highest BCUT2D eigenvalue weighted by atomic mass is 14.9. The summed E-state index contributed by atoms with van der Waals surface area (Å²) in [7, 11) is 0. The first-order valence-corrected chi connectivity index (χ1v) is 6.79. The van der Waals surface area contributed by atoms with E-state index in [0.29, 0.717) is 12.3 Å². The third-order valence-corrected chi connectivity index (χ3v) is 3.70. The second-order valence-electron chi connectivity index (χ2n) is 5.10. The van der Waals surface area contributed by atoms with Crippen LogP contribution in [0.2, 0.25) is 0 Å². The van der Waals surface area contributed by atoms with Crippen LogP contribution in [0.4, 0.5) is 0 Å². The largest absolute Gasteiger partial charge is 0.330 e. The SMILES string of the molecule is NCC1CCc2nc(Cc3ccccn3)ncc2C1. The molecule has 0 aliphatic heterocycles. The zero-order valence-electron chi connectivity index (χ0n) is 10.9. The lowest BCUT2D eigenvalue weighted by Crippen LogP contribution is -2.23. The van der Waals surface area contributed by atoms with E-state index in [1.807, 2.05) is 24.4 Å². The number of rotatable bonds is 3. The molecule has 2 N–H and O–H groups in total. The van der Waals surface area contributed by atoms with Gasteiger partial charge in [0.1, 0.15) is 5.82 Å². The van der Waals surface area contributed by atoms with E-state index in [4.69, 9.17) is 5.73 Å². The van der Waals surface area contributed by atoms with Gasteiger partial charge in [-0.2, -0.15) is 0 Å². The fraction of sp³-hybridized carbons (Fsp3) is 0.400. The van der Waals surface area contributed by atoms with Gasteiger partial charge in [-0.3, -0.25) is 4.98 Å². The van der Waals surface area contributed by atoms with Gasteiger partial charge < -0.3 is 5.73 Å². The average molecular weight is 254 g/mol. The van der Waals surface area contributed by atoms with Crippen LogP contribution in [0.5, 0.6) is 0 Å². The summed E-state index contributed by atoms with van der Waals surface area (Å²) in [5.74, 6) is 1.46. The van der Waals surface area contributed by atoms with Crippen LogP contribution >= 0.6 is 0 Å². The zero-order chi connectivity index (χ0) is 13.1. The fourth-order valence-electron chi connectivity index (χ4n) is 2.58. The summed E-state index contributed by atoms with van der Waals surface area (Å²) in [6.07, 6.45) is 7.67. The fourth-order valence-corrected chi connectivity index (χ4v) is 2.58. The van der Waals surface area contributed by atoms with Gasteiger partial charge in [0.05, 0.1) is 6.42 Å². The second kappa shape index (κ2) is 5.45. The van der Waals surface area contributed by atoms with Crippen LogP contribution in [-0.2, 0) is 19.3 Å². The molecule has 4 heteroatoms. The number of hydrogen-bond acceptors (Lipinski definition) is 4. The van der Waals surface area contributed by atoms with Gasteiger partial charge in [-0.15, -0.1) is 0 Å². The minimum Gasteiger partial charge on any atom is -0.330 e. The van der Waals surface area contributed by atoms with Crippen LogP contribution in [0.25, 0.3) is 0 Å². The van der Waals surface area contributed by atoms with Crippen molar-refractivity contribution in [2.75, 3.05) is 6.54 Å². The summed E-state index contributed by atoms with van der Waals surface area (Å²) in [4.78, 5) is 13.5. The Hall–Kier alpha value is -1.81. The lowest BCUT2D eigenvalue weighted by atomic mass is 9.87. The summed E-state index contributed by atoms with van der Waals surface area (Å²) < 4.78 is 0. The number of aryl methyl sites for hydroxylation is 1. The van der Waals surface area contributed by atoms with Crippen LogP contribution in [-0.4, -0.2) is 21.5 Å². The Kier molecular flexibility index (Phi) is 3.51. The number of nitrogens with two attached hydrogens (primary N) is 1. The predicted molar refractivity (Wildman–Crippen MR) is 73.6 cm³/mol. The minimum absolute atomic E-state index is 0.595. The van der Waals surface area contributed by atoms with Gasteiger partial charge in [0.2, 0.25) is 0 Å². The lowest BCUT2D eigenvalue weighted by molar-refractivity contribution is 0.460. The van der Waals surface area contributed by atoms with Gasteiger partial charge in [-0.25, -0.2) is 9.97 Å². The van der Waals surface area contributed by atoms with Gasteiger partial charge in [-0.05, 0) is 49.4 Å².